The second-order valence-corrected chi connectivity index (χ2v) is 5.93. The van der Waals surface area contributed by atoms with Crippen molar-refractivity contribution in [1.29, 1.82) is 0 Å². The molecule has 0 aliphatic heterocycles. The molecule has 6 nitrogen and oxygen atoms in total. The third kappa shape index (κ3) is 2.15. The SMILES string of the molecule is C[C@@H](NC(=O)c1cn2ccsc2n1)c1nc2ccccc2[nH]1. The summed E-state index contributed by atoms with van der Waals surface area (Å²) in [6.07, 6.45) is 3.61. The van der Waals surface area contributed by atoms with Crippen LogP contribution in [-0.4, -0.2) is 25.3 Å². The first kappa shape index (κ1) is 13.0. The van der Waals surface area contributed by atoms with E-state index in [1.165, 1.54) is 11.3 Å². The van der Waals surface area contributed by atoms with E-state index in [1.807, 2.05) is 47.2 Å². The number of carbonyl (C=O) groups excluding carboxylic acids is 1. The molecular formula is C15H13N5OS. The number of imidazole rings is 2. The molecule has 110 valence electrons. The first-order valence-corrected chi connectivity index (χ1v) is 7.76. The number of amides is 1. The molecule has 0 aliphatic rings. The van der Waals surface area contributed by atoms with Crippen molar-refractivity contribution in [2.75, 3.05) is 0 Å². The van der Waals surface area contributed by atoms with Crippen LogP contribution in [0.3, 0.4) is 0 Å². The van der Waals surface area contributed by atoms with E-state index in [4.69, 9.17) is 0 Å². The number of fused-ring (bicyclic) bond motifs is 2. The third-order valence-corrected chi connectivity index (χ3v) is 4.26. The van der Waals surface area contributed by atoms with Crippen LogP contribution >= 0.6 is 11.3 Å². The molecule has 3 aromatic heterocycles. The fourth-order valence-electron chi connectivity index (χ4n) is 2.35. The normalized spacial score (nSPS) is 12.8. The Hall–Kier alpha value is -2.67. The average molecular weight is 311 g/mol. The van der Waals surface area contributed by atoms with Gasteiger partial charge in [-0.25, -0.2) is 9.97 Å². The van der Waals surface area contributed by atoms with Crippen LogP contribution < -0.4 is 5.32 Å². The van der Waals surface area contributed by atoms with Gasteiger partial charge in [-0.15, -0.1) is 11.3 Å². The van der Waals surface area contributed by atoms with E-state index in [9.17, 15) is 4.79 Å². The van der Waals surface area contributed by atoms with Crippen LogP contribution in [0.5, 0.6) is 0 Å². The third-order valence-electron chi connectivity index (χ3n) is 3.49. The highest BCUT2D eigenvalue weighted by Gasteiger charge is 2.17. The molecular weight excluding hydrogens is 298 g/mol. The Kier molecular flexibility index (Phi) is 2.93. The Balaban J connectivity index is 1.56. The predicted molar refractivity (Wildman–Crippen MR) is 85.0 cm³/mol. The Morgan fingerprint density at radius 2 is 2.23 bits per heavy atom. The summed E-state index contributed by atoms with van der Waals surface area (Å²) in [4.78, 5) is 25.1. The molecule has 3 heterocycles. The second-order valence-electron chi connectivity index (χ2n) is 5.05. The van der Waals surface area contributed by atoms with Gasteiger partial charge in [-0.2, -0.15) is 0 Å². The minimum atomic E-state index is -0.223. The van der Waals surface area contributed by atoms with Crippen LogP contribution in [0.4, 0.5) is 0 Å². The summed E-state index contributed by atoms with van der Waals surface area (Å²) < 4.78 is 1.84. The largest absolute Gasteiger partial charge is 0.341 e. The van der Waals surface area contributed by atoms with Gasteiger partial charge in [0.05, 0.1) is 17.1 Å². The molecule has 2 N–H and O–H groups in total. The molecule has 0 spiro atoms. The molecule has 7 heteroatoms. The molecule has 0 saturated heterocycles. The van der Waals surface area contributed by atoms with Gasteiger partial charge in [0, 0.05) is 17.8 Å². The number of nitrogens with one attached hydrogen (secondary N) is 2. The van der Waals surface area contributed by atoms with E-state index in [1.54, 1.807) is 6.20 Å². The predicted octanol–water partition coefficient (Wildman–Crippen LogP) is 2.76. The van der Waals surface area contributed by atoms with Crippen LogP contribution in [-0.2, 0) is 0 Å². The van der Waals surface area contributed by atoms with Crippen LogP contribution in [0.1, 0.15) is 29.3 Å². The lowest BCUT2D eigenvalue weighted by Gasteiger charge is -2.09. The molecule has 0 fully saturated rings. The topological polar surface area (TPSA) is 75.1 Å². The molecule has 0 bridgehead atoms. The van der Waals surface area contributed by atoms with Gasteiger partial charge in [-0.05, 0) is 19.1 Å². The van der Waals surface area contributed by atoms with E-state index < -0.39 is 0 Å². The molecule has 1 amide bonds. The molecule has 1 aromatic carbocycles. The Morgan fingerprint density at radius 3 is 3.05 bits per heavy atom. The number of aromatic amines is 1. The molecule has 22 heavy (non-hydrogen) atoms. The number of hydrogen-bond donors (Lipinski definition) is 2. The van der Waals surface area contributed by atoms with Crippen molar-refractivity contribution in [3.63, 3.8) is 0 Å². The maximum absolute atomic E-state index is 12.3. The fraction of sp³-hybridized carbons (Fsp3) is 0.133. The molecule has 1 atom stereocenters. The Bertz CT molecular complexity index is 905. The van der Waals surface area contributed by atoms with Gasteiger partial charge in [0.2, 0.25) is 0 Å². The number of thiazole rings is 1. The van der Waals surface area contributed by atoms with Crippen molar-refractivity contribution >= 4 is 33.2 Å². The van der Waals surface area contributed by atoms with Crippen LogP contribution in [0.15, 0.2) is 42.0 Å². The number of hydrogen-bond acceptors (Lipinski definition) is 4. The summed E-state index contributed by atoms with van der Waals surface area (Å²) in [5.41, 5.74) is 2.26. The van der Waals surface area contributed by atoms with Crippen LogP contribution in [0, 0.1) is 0 Å². The van der Waals surface area contributed by atoms with Crippen molar-refractivity contribution in [3.8, 4) is 0 Å². The molecule has 0 aliphatic carbocycles. The first-order valence-electron chi connectivity index (χ1n) is 6.88. The van der Waals surface area contributed by atoms with Crippen molar-refractivity contribution in [1.82, 2.24) is 24.7 Å². The number of para-hydroxylation sites is 2. The van der Waals surface area contributed by atoms with E-state index in [0.29, 0.717) is 5.69 Å². The van der Waals surface area contributed by atoms with Gasteiger partial charge in [0.15, 0.2) is 4.96 Å². The summed E-state index contributed by atoms with van der Waals surface area (Å²) in [5, 5.41) is 4.85. The molecule has 4 aromatic rings. The van der Waals surface area contributed by atoms with E-state index >= 15 is 0 Å². The zero-order valence-electron chi connectivity index (χ0n) is 11.8. The van der Waals surface area contributed by atoms with Crippen molar-refractivity contribution in [2.45, 2.75) is 13.0 Å². The number of rotatable bonds is 3. The van der Waals surface area contributed by atoms with Gasteiger partial charge in [0.1, 0.15) is 11.5 Å². The lowest BCUT2D eigenvalue weighted by Crippen LogP contribution is -2.27. The maximum Gasteiger partial charge on any atom is 0.272 e. The summed E-state index contributed by atoms with van der Waals surface area (Å²) in [6, 6.07) is 7.57. The highest BCUT2D eigenvalue weighted by atomic mass is 32.1. The summed E-state index contributed by atoms with van der Waals surface area (Å²) in [6.45, 7) is 1.90. The molecule has 0 radical (unpaired) electrons. The summed E-state index contributed by atoms with van der Waals surface area (Å²) >= 11 is 1.50. The molecule has 0 unspecified atom stereocenters. The maximum atomic E-state index is 12.3. The van der Waals surface area contributed by atoms with E-state index in [0.717, 1.165) is 21.8 Å². The zero-order chi connectivity index (χ0) is 15.1. The number of carbonyl (C=O) groups is 1. The monoisotopic (exact) mass is 311 g/mol. The molecule has 4 rings (SSSR count). The number of aromatic nitrogens is 4. The van der Waals surface area contributed by atoms with Gasteiger partial charge >= 0.3 is 0 Å². The average Bonchev–Trinajstić information content (AvgIpc) is 3.20. The van der Waals surface area contributed by atoms with Gasteiger partial charge in [0.25, 0.3) is 5.91 Å². The molecule has 0 saturated carbocycles. The summed E-state index contributed by atoms with van der Waals surface area (Å²) in [7, 11) is 0. The standard InChI is InChI=1S/C15H13N5OS/c1-9(13-17-10-4-2-3-5-11(10)18-13)16-14(21)12-8-20-6-7-22-15(20)19-12/h2-9H,1H3,(H,16,21)(H,17,18)/t9-/m1/s1. The minimum absolute atomic E-state index is 0.205. The number of H-pyrrole nitrogens is 1. The lowest BCUT2D eigenvalue weighted by atomic mass is 10.3. The van der Waals surface area contributed by atoms with Crippen molar-refractivity contribution in [3.05, 3.63) is 53.6 Å². The first-order chi connectivity index (χ1) is 10.7. The smallest absolute Gasteiger partial charge is 0.272 e. The highest BCUT2D eigenvalue weighted by molar-refractivity contribution is 7.15. The van der Waals surface area contributed by atoms with Crippen molar-refractivity contribution in [2.24, 2.45) is 0 Å². The van der Waals surface area contributed by atoms with Crippen LogP contribution in [0.25, 0.3) is 16.0 Å². The van der Waals surface area contributed by atoms with Gasteiger partial charge in [-0.1, -0.05) is 12.1 Å². The van der Waals surface area contributed by atoms with E-state index in [2.05, 4.69) is 20.3 Å². The van der Waals surface area contributed by atoms with Crippen LogP contribution in [0.2, 0.25) is 0 Å². The summed E-state index contributed by atoms with van der Waals surface area (Å²) in [5.74, 6) is 0.527. The zero-order valence-corrected chi connectivity index (χ0v) is 12.6. The highest BCUT2D eigenvalue weighted by Crippen LogP contribution is 2.16. The van der Waals surface area contributed by atoms with E-state index in [-0.39, 0.29) is 11.9 Å². The second kappa shape index (κ2) is 4.96. The number of nitrogens with zero attached hydrogens (tertiary/aromatic N) is 3. The number of benzene rings is 1. The quantitative estimate of drug-likeness (QED) is 0.611. The van der Waals surface area contributed by atoms with Gasteiger partial charge < -0.3 is 10.3 Å². The lowest BCUT2D eigenvalue weighted by molar-refractivity contribution is 0.0934. The fourth-order valence-corrected chi connectivity index (χ4v) is 3.05. The minimum Gasteiger partial charge on any atom is -0.341 e. The Morgan fingerprint density at radius 1 is 1.36 bits per heavy atom. The van der Waals surface area contributed by atoms with Gasteiger partial charge in [-0.3, -0.25) is 9.20 Å². The van der Waals surface area contributed by atoms with Crippen molar-refractivity contribution < 1.29 is 4.79 Å². The Labute approximate surface area is 129 Å².